The minimum Gasteiger partial charge on any atom is -0.356 e. The summed E-state index contributed by atoms with van der Waals surface area (Å²) in [5.41, 5.74) is 1.22. The van der Waals surface area contributed by atoms with Gasteiger partial charge in [-0.15, -0.1) is 0 Å². The number of hydrogen-bond donors (Lipinski definition) is 0. The number of aryl methyl sites for hydroxylation is 1. The Bertz CT molecular complexity index is 781. The van der Waals surface area contributed by atoms with Crippen molar-refractivity contribution in [2.45, 2.75) is 26.2 Å². The lowest BCUT2D eigenvalue weighted by Crippen LogP contribution is -2.49. The number of nitrogens with zero attached hydrogens (tertiary/aromatic N) is 7. The Balaban J connectivity index is 1.39. The Morgan fingerprint density at radius 3 is 2.11 bits per heavy atom. The number of carbonyl (C=O) groups excluding carboxylic acids is 1. The second kappa shape index (κ2) is 7.85. The monoisotopic (exact) mass is 367 g/mol. The summed E-state index contributed by atoms with van der Waals surface area (Å²) in [6.07, 6.45) is 8.59. The van der Waals surface area contributed by atoms with Gasteiger partial charge in [-0.05, 0) is 26.2 Å². The number of amides is 1. The highest BCUT2D eigenvalue weighted by molar-refractivity contribution is 5.92. The first-order chi connectivity index (χ1) is 13.2. The Kier molecular flexibility index (Phi) is 5.13. The zero-order valence-corrected chi connectivity index (χ0v) is 15.7. The topological polar surface area (TPSA) is 78.4 Å². The number of piperidine rings is 1. The van der Waals surface area contributed by atoms with Crippen molar-refractivity contribution >= 4 is 17.5 Å². The van der Waals surface area contributed by atoms with Crippen LogP contribution >= 0.6 is 0 Å². The fraction of sp³-hybridized carbons (Fsp3) is 0.526. The maximum Gasteiger partial charge on any atom is 0.274 e. The van der Waals surface area contributed by atoms with E-state index in [2.05, 4.69) is 35.8 Å². The molecular weight excluding hydrogens is 342 g/mol. The molecule has 2 aliphatic rings. The molecule has 2 fully saturated rings. The third kappa shape index (κ3) is 3.99. The second-order valence-corrected chi connectivity index (χ2v) is 7.10. The quantitative estimate of drug-likeness (QED) is 0.814. The van der Waals surface area contributed by atoms with Crippen molar-refractivity contribution in [1.82, 2.24) is 24.8 Å². The molecule has 2 saturated heterocycles. The van der Waals surface area contributed by atoms with Gasteiger partial charge in [-0.25, -0.2) is 15.0 Å². The first-order valence-electron chi connectivity index (χ1n) is 9.60. The maximum absolute atomic E-state index is 12.6. The average Bonchev–Trinajstić information content (AvgIpc) is 2.75. The van der Waals surface area contributed by atoms with Gasteiger partial charge < -0.3 is 14.7 Å². The molecule has 142 valence electrons. The van der Waals surface area contributed by atoms with E-state index in [0.717, 1.165) is 43.5 Å². The Morgan fingerprint density at radius 1 is 0.815 bits per heavy atom. The summed E-state index contributed by atoms with van der Waals surface area (Å²) in [7, 11) is 0. The third-order valence-electron chi connectivity index (χ3n) is 5.21. The summed E-state index contributed by atoms with van der Waals surface area (Å²) in [4.78, 5) is 36.3. The van der Waals surface area contributed by atoms with Gasteiger partial charge in [-0.3, -0.25) is 9.78 Å². The van der Waals surface area contributed by atoms with E-state index in [4.69, 9.17) is 0 Å². The molecule has 0 N–H and O–H groups in total. The van der Waals surface area contributed by atoms with Gasteiger partial charge in [0.25, 0.3) is 5.91 Å². The van der Waals surface area contributed by atoms with E-state index in [1.54, 1.807) is 18.7 Å². The molecule has 0 unspecified atom stereocenters. The average molecular weight is 367 g/mol. The smallest absolute Gasteiger partial charge is 0.274 e. The van der Waals surface area contributed by atoms with E-state index in [9.17, 15) is 4.79 Å². The molecule has 0 bridgehead atoms. The molecule has 27 heavy (non-hydrogen) atoms. The highest BCUT2D eigenvalue weighted by Crippen LogP contribution is 2.22. The maximum atomic E-state index is 12.6. The fourth-order valence-electron chi connectivity index (χ4n) is 3.61. The third-order valence-corrected chi connectivity index (χ3v) is 5.21. The molecular formula is C19H25N7O. The number of aromatic nitrogens is 4. The first kappa shape index (κ1) is 17.6. The van der Waals surface area contributed by atoms with Crippen LogP contribution < -0.4 is 9.80 Å². The van der Waals surface area contributed by atoms with Crippen molar-refractivity contribution in [3.8, 4) is 0 Å². The van der Waals surface area contributed by atoms with E-state index in [-0.39, 0.29) is 5.91 Å². The van der Waals surface area contributed by atoms with Crippen LogP contribution in [0.4, 0.5) is 11.6 Å². The van der Waals surface area contributed by atoms with E-state index < -0.39 is 0 Å². The largest absolute Gasteiger partial charge is 0.356 e. The Labute approximate surface area is 159 Å². The fourth-order valence-corrected chi connectivity index (χ4v) is 3.61. The van der Waals surface area contributed by atoms with Gasteiger partial charge in [0.05, 0.1) is 11.9 Å². The van der Waals surface area contributed by atoms with Crippen molar-refractivity contribution in [2.75, 3.05) is 49.1 Å². The van der Waals surface area contributed by atoms with Crippen LogP contribution in [0, 0.1) is 6.92 Å². The second-order valence-electron chi connectivity index (χ2n) is 7.10. The van der Waals surface area contributed by atoms with E-state index in [1.165, 1.54) is 19.3 Å². The van der Waals surface area contributed by atoms with E-state index in [0.29, 0.717) is 18.8 Å². The highest BCUT2D eigenvalue weighted by Gasteiger charge is 2.24. The first-order valence-corrected chi connectivity index (χ1v) is 9.60. The number of carbonyl (C=O) groups is 1. The molecule has 4 rings (SSSR count). The molecule has 2 aliphatic heterocycles. The summed E-state index contributed by atoms with van der Waals surface area (Å²) < 4.78 is 0. The molecule has 0 radical (unpaired) electrons. The van der Waals surface area contributed by atoms with Crippen LogP contribution in [0.5, 0.6) is 0 Å². The lowest BCUT2D eigenvalue weighted by molar-refractivity contribution is 0.0740. The van der Waals surface area contributed by atoms with Crippen LogP contribution in [-0.2, 0) is 0 Å². The molecule has 1 amide bonds. The lowest BCUT2D eigenvalue weighted by Gasteiger charge is -2.35. The van der Waals surface area contributed by atoms with Crippen molar-refractivity contribution in [3.63, 3.8) is 0 Å². The molecule has 0 atom stereocenters. The normalized spacial score (nSPS) is 17.9. The van der Waals surface area contributed by atoms with Crippen LogP contribution in [0.15, 0.2) is 24.8 Å². The molecule has 8 nitrogen and oxygen atoms in total. The molecule has 0 aliphatic carbocycles. The summed E-state index contributed by atoms with van der Waals surface area (Å²) >= 11 is 0. The van der Waals surface area contributed by atoms with Crippen molar-refractivity contribution < 1.29 is 4.79 Å². The number of anilines is 2. The molecule has 4 heterocycles. The number of hydrogen-bond acceptors (Lipinski definition) is 7. The predicted octanol–water partition coefficient (Wildman–Crippen LogP) is 1.53. The summed E-state index contributed by atoms with van der Waals surface area (Å²) in [6, 6.07) is 2.08. The van der Waals surface area contributed by atoms with Gasteiger partial charge in [-0.2, -0.15) is 0 Å². The Hall–Kier alpha value is -2.77. The molecule has 2 aromatic rings. The van der Waals surface area contributed by atoms with Crippen molar-refractivity contribution in [3.05, 3.63) is 36.2 Å². The zero-order valence-electron chi connectivity index (χ0n) is 15.7. The van der Waals surface area contributed by atoms with Crippen LogP contribution in [0.25, 0.3) is 0 Å². The van der Waals surface area contributed by atoms with Crippen LogP contribution in [0.2, 0.25) is 0 Å². The molecule has 8 heteroatoms. The summed E-state index contributed by atoms with van der Waals surface area (Å²) in [5.74, 6) is 1.89. The standard InChI is InChI=1S/C19H25N7O/c1-15-12-21-16(13-20-15)19(27)26-9-7-25(8-10-26)18-11-17(22-14-23-18)24-5-3-2-4-6-24/h11-14H,2-10H2,1H3. The van der Waals surface area contributed by atoms with Crippen LogP contribution in [0.1, 0.15) is 35.4 Å². The molecule has 2 aromatic heterocycles. The zero-order chi connectivity index (χ0) is 18.6. The number of rotatable bonds is 3. The lowest BCUT2D eigenvalue weighted by atomic mass is 10.1. The molecule has 0 saturated carbocycles. The van der Waals surface area contributed by atoms with Gasteiger partial charge in [-0.1, -0.05) is 0 Å². The van der Waals surface area contributed by atoms with Gasteiger partial charge in [0, 0.05) is 51.5 Å². The van der Waals surface area contributed by atoms with Gasteiger partial charge in [0.1, 0.15) is 23.7 Å². The van der Waals surface area contributed by atoms with Gasteiger partial charge in [0.2, 0.25) is 0 Å². The van der Waals surface area contributed by atoms with Crippen LogP contribution in [-0.4, -0.2) is 70.0 Å². The molecule has 0 spiro atoms. The highest BCUT2D eigenvalue weighted by atomic mass is 16.2. The minimum atomic E-state index is -0.0566. The summed E-state index contributed by atoms with van der Waals surface area (Å²) in [5, 5.41) is 0. The van der Waals surface area contributed by atoms with E-state index >= 15 is 0 Å². The Morgan fingerprint density at radius 2 is 1.48 bits per heavy atom. The predicted molar refractivity (Wildman–Crippen MR) is 103 cm³/mol. The van der Waals surface area contributed by atoms with Crippen molar-refractivity contribution in [2.24, 2.45) is 0 Å². The number of piperazine rings is 1. The summed E-state index contributed by atoms with van der Waals surface area (Å²) in [6.45, 7) is 6.80. The van der Waals surface area contributed by atoms with E-state index in [1.807, 2.05) is 11.8 Å². The SMILES string of the molecule is Cc1cnc(C(=O)N2CCN(c3cc(N4CCCCC4)ncn3)CC2)cn1. The van der Waals surface area contributed by atoms with Crippen LogP contribution in [0.3, 0.4) is 0 Å². The molecule has 0 aromatic carbocycles. The minimum absolute atomic E-state index is 0.0566. The van der Waals surface area contributed by atoms with Gasteiger partial charge >= 0.3 is 0 Å². The van der Waals surface area contributed by atoms with Gasteiger partial charge in [0.15, 0.2) is 0 Å². The van der Waals surface area contributed by atoms with Crippen molar-refractivity contribution in [1.29, 1.82) is 0 Å².